The highest BCUT2D eigenvalue weighted by molar-refractivity contribution is 6.04. The smallest absolute Gasteiger partial charge is 0.339 e. The number of ether oxygens (including phenoxy) is 6. The van der Waals surface area contributed by atoms with Gasteiger partial charge in [-0.2, -0.15) is 0 Å². The summed E-state index contributed by atoms with van der Waals surface area (Å²) in [4.78, 5) is 69.1. The summed E-state index contributed by atoms with van der Waals surface area (Å²) in [5.41, 5.74) is 1.41. The lowest BCUT2D eigenvalue weighted by molar-refractivity contribution is 0.0458. The molecule has 0 atom stereocenters. The maximum atomic E-state index is 11.8. The second-order valence-corrected chi connectivity index (χ2v) is 9.33. The molecule has 0 aromatic heterocycles. The summed E-state index contributed by atoms with van der Waals surface area (Å²) in [5, 5.41) is 0. The van der Waals surface area contributed by atoms with E-state index in [1.807, 2.05) is 13.8 Å². The number of hydrogen-bond acceptors (Lipinski definition) is 12. The van der Waals surface area contributed by atoms with Crippen LogP contribution in [0.4, 0.5) is 0 Å². The summed E-state index contributed by atoms with van der Waals surface area (Å²) in [7, 11) is 2.52. The molecule has 0 N–H and O–H groups in total. The topological polar surface area (TPSA) is 158 Å². The van der Waals surface area contributed by atoms with Gasteiger partial charge < -0.3 is 28.4 Å². The molecule has 3 aromatic carbocycles. The van der Waals surface area contributed by atoms with E-state index in [1.54, 1.807) is 74.5 Å². The predicted molar refractivity (Wildman–Crippen MR) is 175 cm³/mol. The van der Waals surface area contributed by atoms with Gasteiger partial charge in [0, 0.05) is 0 Å². The number of hydrogen-bond donors (Lipinski definition) is 0. The first-order valence-corrected chi connectivity index (χ1v) is 15.2. The van der Waals surface area contributed by atoms with Crippen molar-refractivity contribution in [2.75, 3.05) is 40.6 Å². The van der Waals surface area contributed by atoms with Gasteiger partial charge in [-0.1, -0.05) is 50.2 Å². The molecule has 0 aliphatic carbocycles. The normalized spacial score (nSPS) is 9.62. The van der Waals surface area contributed by atoms with Crippen molar-refractivity contribution in [2.45, 2.75) is 40.5 Å². The van der Waals surface area contributed by atoms with Crippen LogP contribution in [0.1, 0.15) is 103 Å². The highest BCUT2D eigenvalue weighted by atomic mass is 16.5. The molecule has 0 aliphatic heterocycles. The summed E-state index contributed by atoms with van der Waals surface area (Å²) in [5.74, 6) is -3.09. The van der Waals surface area contributed by atoms with Gasteiger partial charge in [-0.3, -0.25) is 0 Å². The SMILES string of the molecule is CCCOC(=O)c1ccccc1C(=O)OCCC.CCOC(=O)c1ccccc1C(=O)OCC.COC(=O)c1ccccc1C(=O)OC. The third-order valence-electron chi connectivity index (χ3n) is 5.90. The van der Waals surface area contributed by atoms with Crippen molar-refractivity contribution in [3.63, 3.8) is 0 Å². The molecular weight excluding hydrogens is 624 g/mol. The van der Waals surface area contributed by atoms with Crippen LogP contribution in [0, 0.1) is 0 Å². The van der Waals surface area contributed by atoms with E-state index >= 15 is 0 Å². The largest absolute Gasteiger partial charge is 0.465 e. The molecule has 12 nitrogen and oxygen atoms in total. The molecule has 0 saturated heterocycles. The Morgan fingerprint density at radius 3 is 0.833 bits per heavy atom. The van der Waals surface area contributed by atoms with Gasteiger partial charge in [-0.15, -0.1) is 0 Å². The zero-order valence-corrected chi connectivity index (χ0v) is 28.1. The molecule has 48 heavy (non-hydrogen) atoms. The van der Waals surface area contributed by atoms with E-state index in [9.17, 15) is 28.8 Å². The van der Waals surface area contributed by atoms with Gasteiger partial charge in [0.1, 0.15) is 0 Å². The molecule has 0 unspecified atom stereocenters. The highest BCUT2D eigenvalue weighted by Crippen LogP contribution is 2.14. The van der Waals surface area contributed by atoms with Crippen molar-refractivity contribution in [3.8, 4) is 0 Å². The maximum absolute atomic E-state index is 11.8. The fraction of sp³-hybridized carbons (Fsp3) is 0.333. The van der Waals surface area contributed by atoms with Gasteiger partial charge in [0.15, 0.2) is 0 Å². The number of rotatable bonds is 12. The van der Waals surface area contributed by atoms with Gasteiger partial charge in [-0.25, -0.2) is 28.8 Å². The summed E-state index contributed by atoms with van der Waals surface area (Å²) >= 11 is 0. The van der Waals surface area contributed by atoms with Crippen molar-refractivity contribution < 1.29 is 57.2 Å². The molecule has 0 fully saturated rings. The summed E-state index contributed by atoms with van der Waals surface area (Å²) < 4.78 is 28.8. The number of methoxy groups -OCH3 is 2. The van der Waals surface area contributed by atoms with Gasteiger partial charge in [0.2, 0.25) is 0 Å². The Kier molecular flexibility index (Phi) is 19.3. The first-order chi connectivity index (χ1) is 23.1. The van der Waals surface area contributed by atoms with Crippen molar-refractivity contribution in [1.29, 1.82) is 0 Å². The third-order valence-corrected chi connectivity index (χ3v) is 5.90. The van der Waals surface area contributed by atoms with Crippen molar-refractivity contribution in [2.24, 2.45) is 0 Å². The lowest BCUT2D eigenvalue weighted by Gasteiger charge is -2.08. The Morgan fingerprint density at radius 2 is 0.625 bits per heavy atom. The first-order valence-electron chi connectivity index (χ1n) is 15.2. The minimum atomic E-state index is -0.550. The van der Waals surface area contributed by atoms with E-state index < -0.39 is 35.8 Å². The molecule has 0 saturated carbocycles. The van der Waals surface area contributed by atoms with Crippen LogP contribution in [0.15, 0.2) is 72.8 Å². The number of carbonyl (C=O) groups excluding carboxylic acids is 6. The molecule has 3 aromatic rings. The van der Waals surface area contributed by atoms with Gasteiger partial charge in [0.05, 0.1) is 74.0 Å². The minimum Gasteiger partial charge on any atom is -0.465 e. The monoisotopic (exact) mass is 666 g/mol. The van der Waals surface area contributed by atoms with Crippen molar-refractivity contribution >= 4 is 35.8 Å². The van der Waals surface area contributed by atoms with Crippen LogP contribution in [-0.2, 0) is 28.4 Å². The zero-order chi connectivity index (χ0) is 35.9. The van der Waals surface area contributed by atoms with Gasteiger partial charge in [-0.05, 0) is 63.1 Å². The van der Waals surface area contributed by atoms with E-state index in [1.165, 1.54) is 26.4 Å². The molecule has 12 heteroatoms. The van der Waals surface area contributed by atoms with Crippen molar-refractivity contribution in [1.82, 2.24) is 0 Å². The molecule has 0 amide bonds. The van der Waals surface area contributed by atoms with E-state index in [-0.39, 0.29) is 46.6 Å². The Bertz CT molecular complexity index is 1400. The second-order valence-electron chi connectivity index (χ2n) is 9.33. The molecule has 0 heterocycles. The summed E-state index contributed by atoms with van der Waals surface area (Å²) in [6, 6.07) is 19.3. The second kappa shape index (κ2) is 22.9. The minimum absolute atomic E-state index is 0.210. The Balaban J connectivity index is 0.000000363. The highest BCUT2D eigenvalue weighted by Gasteiger charge is 2.20. The molecule has 258 valence electrons. The number of carbonyl (C=O) groups is 6. The lowest BCUT2D eigenvalue weighted by atomic mass is 10.1. The molecule has 0 aliphatic rings. The molecule has 0 spiro atoms. The van der Waals surface area contributed by atoms with E-state index in [2.05, 4.69) is 9.47 Å². The zero-order valence-electron chi connectivity index (χ0n) is 28.1. The molecular formula is C36H42O12. The Labute approximate surface area is 280 Å². The van der Waals surface area contributed by atoms with Crippen LogP contribution in [0.5, 0.6) is 0 Å². The van der Waals surface area contributed by atoms with Gasteiger partial charge >= 0.3 is 35.8 Å². The molecule has 3 rings (SSSR count). The van der Waals surface area contributed by atoms with Crippen LogP contribution in [0.2, 0.25) is 0 Å². The van der Waals surface area contributed by atoms with Crippen LogP contribution in [0.3, 0.4) is 0 Å². The average Bonchev–Trinajstić information content (AvgIpc) is 3.12. The maximum Gasteiger partial charge on any atom is 0.339 e. The van der Waals surface area contributed by atoms with Crippen LogP contribution < -0.4 is 0 Å². The quantitative estimate of drug-likeness (QED) is 0.161. The first kappa shape index (κ1) is 40.5. The van der Waals surface area contributed by atoms with E-state index in [0.29, 0.717) is 13.2 Å². The molecule has 0 bridgehead atoms. The Hall–Kier alpha value is -5.52. The standard InChI is InChI=1S/C14H18O4.C12H14O4.C10H10O4/c1-3-9-17-13(15)11-7-5-6-8-12(11)14(16)18-10-4-2;1-3-15-11(13)9-7-5-6-8-10(9)12(14)16-4-2;1-13-9(11)7-5-3-4-6-8(7)10(12)14-2/h5-8H,3-4,9-10H2,1-2H3;5-8H,3-4H2,1-2H3;3-6H,1-2H3. The Morgan fingerprint density at radius 1 is 0.396 bits per heavy atom. The van der Waals surface area contributed by atoms with E-state index in [4.69, 9.17) is 18.9 Å². The van der Waals surface area contributed by atoms with Crippen LogP contribution in [0.25, 0.3) is 0 Å². The number of esters is 6. The predicted octanol–water partition coefficient (Wildman–Crippen LogP) is 6.12. The van der Waals surface area contributed by atoms with Crippen LogP contribution >= 0.6 is 0 Å². The number of benzene rings is 3. The fourth-order valence-electron chi connectivity index (χ4n) is 3.70. The fourth-order valence-corrected chi connectivity index (χ4v) is 3.70. The van der Waals surface area contributed by atoms with E-state index in [0.717, 1.165) is 12.8 Å². The van der Waals surface area contributed by atoms with Gasteiger partial charge in [0.25, 0.3) is 0 Å². The molecule has 0 radical (unpaired) electrons. The third kappa shape index (κ3) is 13.1. The summed E-state index contributed by atoms with van der Waals surface area (Å²) in [6.07, 6.45) is 1.49. The summed E-state index contributed by atoms with van der Waals surface area (Å²) in [6.45, 7) is 8.49. The van der Waals surface area contributed by atoms with Crippen LogP contribution in [-0.4, -0.2) is 76.5 Å². The average molecular weight is 667 g/mol. The lowest BCUT2D eigenvalue weighted by Crippen LogP contribution is -2.14. The van der Waals surface area contributed by atoms with Crippen molar-refractivity contribution in [3.05, 3.63) is 106 Å².